The summed E-state index contributed by atoms with van der Waals surface area (Å²) in [5.41, 5.74) is 6.19. The predicted molar refractivity (Wildman–Crippen MR) is 135 cm³/mol. The molecule has 0 aliphatic carbocycles. The Morgan fingerprint density at radius 1 is 1.06 bits per heavy atom. The molecule has 4 nitrogen and oxygen atoms in total. The number of oxime groups is 1. The molecule has 0 radical (unpaired) electrons. The highest BCUT2D eigenvalue weighted by Gasteiger charge is 2.42. The molecule has 2 heterocycles. The van der Waals surface area contributed by atoms with E-state index in [0.29, 0.717) is 0 Å². The first kappa shape index (κ1) is 23.3. The van der Waals surface area contributed by atoms with Crippen LogP contribution in [0.4, 0.5) is 0 Å². The fourth-order valence-electron chi connectivity index (χ4n) is 4.59. The average Bonchev–Trinajstić information content (AvgIpc) is 3.22. The van der Waals surface area contributed by atoms with E-state index in [1.165, 1.54) is 11.1 Å². The van der Waals surface area contributed by atoms with E-state index >= 15 is 0 Å². The zero-order chi connectivity index (χ0) is 23.6. The number of benzene rings is 2. The second-order valence-electron chi connectivity index (χ2n) is 10.6. The lowest BCUT2D eigenvalue weighted by Gasteiger charge is -2.37. The molecule has 0 saturated carbocycles. The molecule has 0 N–H and O–H groups in total. The molecule has 2 aliphatic heterocycles. The van der Waals surface area contributed by atoms with Crippen LogP contribution in [-0.2, 0) is 10.3 Å². The van der Waals surface area contributed by atoms with Crippen LogP contribution in [0.15, 0.2) is 65.5 Å². The number of hydrogen-bond acceptors (Lipinski definition) is 4. The van der Waals surface area contributed by atoms with Crippen molar-refractivity contribution in [1.82, 2.24) is 4.90 Å². The number of piperidine rings is 1. The summed E-state index contributed by atoms with van der Waals surface area (Å²) >= 11 is 0. The zero-order valence-corrected chi connectivity index (χ0v) is 20.6. The third-order valence-corrected chi connectivity index (χ3v) is 6.96. The fourth-order valence-corrected chi connectivity index (χ4v) is 4.59. The molecular formula is C29H36N2O2. The van der Waals surface area contributed by atoms with Gasteiger partial charge in [-0.1, -0.05) is 86.9 Å². The van der Waals surface area contributed by atoms with Gasteiger partial charge in [-0.3, -0.25) is 4.79 Å². The molecule has 2 aliphatic rings. The first-order valence-corrected chi connectivity index (χ1v) is 12.1. The number of likely N-dealkylation sites (tertiary alicyclic amines) is 1. The van der Waals surface area contributed by atoms with E-state index in [2.05, 4.69) is 87.3 Å². The van der Waals surface area contributed by atoms with Crippen LogP contribution >= 0.6 is 0 Å². The Morgan fingerprint density at radius 3 is 2.27 bits per heavy atom. The molecule has 2 aromatic rings. The molecular weight excluding hydrogens is 408 g/mol. The van der Waals surface area contributed by atoms with Crippen LogP contribution < -0.4 is 0 Å². The van der Waals surface area contributed by atoms with E-state index in [4.69, 9.17) is 4.84 Å². The van der Waals surface area contributed by atoms with Gasteiger partial charge in [0, 0.05) is 49.7 Å². The van der Waals surface area contributed by atoms with Crippen molar-refractivity contribution in [2.75, 3.05) is 13.1 Å². The Labute approximate surface area is 198 Å². The van der Waals surface area contributed by atoms with Crippen molar-refractivity contribution in [1.29, 1.82) is 0 Å². The molecule has 0 bridgehead atoms. The van der Waals surface area contributed by atoms with Gasteiger partial charge in [-0.15, -0.1) is 0 Å². The van der Waals surface area contributed by atoms with E-state index in [-0.39, 0.29) is 16.8 Å². The Bertz CT molecular complexity index is 1050. The first-order chi connectivity index (χ1) is 15.7. The second kappa shape index (κ2) is 9.17. The number of nitrogens with zero attached hydrogens (tertiary/aromatic N) is 2. The monoisotopic (exact) mass is 444 g/mol. The minimum absolute atomic E-state index is 0.0834. The Kier molecular flexibility index (Phi) is 6.47. The van der Waals surface area contributed by atoms with E-state index in [1.54, 1.807) is 0 Å². The van der Waals surface area contributed by atoms with Crippen LogP contribution in [-0.4, -0.2) is 35.1 Å². The maximum Gasteiger partial charge on any atom is 0.190 e. The Balaban J connectivity index is 1.38. The van der Waals surface area contributed by atoms with Crippen molar-refractivity contribution < 1.29 is 9.63 Å². The summed E-state index contributed by atoms with van der Waals surface area (Å²) in [7, 11) is 0. The van der Waals surface area contributed by atoms with Gasteiger partial charge in [0.25, 0.3) is 0 Å². The molecule has 0 atom stereocenters. The minimum atomic E-state index is -0.205. The van der Waals surface area contributed by atoms with Crippen molar-refractivity contribution in [2.45, 2.75) is 71.3 Å². The summed E-state index contributed by atoms with van der Waals surface area (Å²) in [5.74, 6) is 0.125. The predicted octanol–water partition coefficient (Wildman–Crippen LogP) is 6.43. The molecule has 33 heavy (non-hydrogen) atoms. The molecule has 4 heteroatoms. The maximum absolute atomic E-state index is 13.1. The molecule has 1 saturated heterocycles. The van der Waals surface area contributed by atoms with E-state index < -0.39 is 0 Å². The largest absolute Gasteiger partial charge is 0.388 e. The molecule has 174 valence electrons. The van der Waals surface area contributed by atoms with Crippen LogP contribution in [0.1, 0.15) is 80.4 Å². The van der Waals surface area contributed by atoms with Gasteiger partial charge >= 0.3 is 0 Å². The summed E-state index contributed by atoms with van der Waals surface area (Å²) < 4.78 is 0. The molecule has 0 amide bonds. The number of rotatable bonds is 5. The molecule has 1 spiro atoms. The van der Waals surface area contributed by atoms with Gasteiger partial charge in [-0.05, 0) is 29.9 Å². The van der Waals surface area contributed by atoms with Gasteiger partial charge in [0.1, 0.15) is 5.60 Å². The summed E-state index contributed by atoms with van der Waals surface area (Å²) in [4.78, 5) is 21.4. The topological polar surface area (TPSA) is 41.9 Å². The van der Waals surface area contributed by atoms with Gasteiger partial charge in [-0.2, -0.15) is 0 Å². The zero-order valence-electron chi connectivity index (χ0n) is 20.6. The Hall–Kier alpha value is -2.88. The number of aryl methyl sites for hydroxylation is 1. The van der Waals surface area contributed by atoms with Crippen LogP contribution in [0.3, 0.4) is 0 Å². The third kappa shape index (κ3) is 5.21. The van der Waals surface area contributed by atoms with Crippen LogP contribution in [0.5, 0.6) is 0 Å². The van der Waals surface area contributed by atoms with Crippen molar-refractivity contribution in [2.24, 2.45) is 5.16 Å². The van der Waals surface area contributed by atoms with Gasteiger partial charge in [0.05, 0.1) is 5.71 Å². The number of carbonyl (C=O) groups is 1. The third-order valence-electron chi connectivity index (χ3n) is 6.96. The normalized spacial score (nSPS) is 18.3. The molecule has 0 unspecified atom stereocenters. The van der Waals surface area contributed by atoms with Crippen LogP contribution in [0.2, 0.25) is 0 Å². The van der Waals surface area contributed by atoms with Crippen molar-refractivity contribution >= 4 is 11.5 Å². The number of allylic oxidation sites excluding steroid dienone is 1. The summed E-state index contributed by atoms with van der Waals surface area (Å²) in [6.45, 7) is 12.5. The highest BCUT2D eigenvalue weighted by molar-refractivity contribution is 6.08. The van der Waals surface area contributed by atoms with Crippen LogP contribution in [0, 0.1) is 6.92 Å². The van der Waals surface area contributed by atoms with Crippen LogP contribution in [0.25, 0.3) is 0 Å². The number of Topliss-reactive ketones (excluding diaryl/α,β-unsaturated/α-hetero) is 1. The molecule has 4 rings (SSSR count). The van der Waals surface area contributed by atoms with Gasteiger partial charge in [-0.25, -0.2) is 0 Å². The summed E-state index contributed by atoms with van der Waals surface area (Å²) in [6.07, 6.45) is 5.47. The smallest absolute Gasteiger partial charge is 0.190 e. The standard InChI is InChI=1S/C29H36N2O2/c1-6-22(27(32)24-11-13-25(14-12-24)28(3,4)5)20-31-17-15-29(16-18-31)19-26(30-33-29)23-9-7-21(2)8-10-23/h7-14,20H,6,15-19H2,1-5H3. The second-order valence-corrected chi connectivity index (χ2v) is 10.6. The first-order valence-electron chi connectivity index (χ1n) is 12.1. The maximum atomic E-state index is 13.1. The van der Waals surface area contributed by atoms with E-state index in [9.17, 15) is 4.79 Å². The van der Waals surface area contributed by atoms with E-state index in [0.717, 1.165) is 61.2 Å². The average molecular weight is 445 g/mol. The number of carbonyl (C=O) groups excluding carboxylic acids is 1. The van der Waals surface area contributed by atoms with Crippen molar-refractivity contribution in [3.05, 3.63) is 82.6 Å². The lowest BCUT2D eigenvalue weighted by Crippen LogP contribution is -2.42. The summed E-state index contributed by atoms with van der Waals surface area (Å²) in [6, 6.07) is 16.6. The fraction of sp³-hybridized carbons (Fsp3) is 0.448. The molecule has 2 aromatic carbocycles. The van der Waals surface area contributed by atoms with E-state index in [1.807, 2.05) is 12.1 Å². The summed E-state index contributed by atoms with van der Waals surface area (Å²) in [5, 5.41) is 4.44. The van der Waals surface area contributed by atoms with Gasteiger partial charge < -0.3 is 9.74 Å². The van der Waals surface area contributed by atoms with Gasteiger partial charge in [0.15, 0.2) is 5.78 Å². The Morgan fingerprint density at radius 2 is 1.70 bits per heavy atom. The quantitative estimate of drug-likeness (QED) is 0.394. The van der Waals surface area contributed by atoms with Gasteiger partial charge in [0.2, 0.25) is 0 Å². The lowest BCUT2D eigenvalue weighted by molar-refractivity contribution is -0.0551. The number of ketones is 1. The SMILES string of the molecule is CCC(=CN1CCC2(CC1)CC(c1ccc(C)cc1)=NO2)C(=O)c1ccc(C(C)(C)C)cc1. The molecule has 0 aromatic heterocycles. The minimum Gasteiger partial charge on any atom is -0.388 e. The van der Waals surface area contributed by atoms with Crippen molar-refractivity contribution in [3.8, 4) is 0 Å². The van der Waals surface area contributed by atoms with Crippen molar-refractivity contribution in [3.63, 3.8) is 0 Å². The number of hydrogen-bond donors (Lipinski definition) is 0. The lowest BCUT2D eigenvalue weighted by atomic mass is 9.85. The molecule has 1 fully saturated rings. The highest BCUT2D eigenvalue weighted by Crippen LogP contribution is 2.36. The highest BCUT2D eigenvalue weighted by atomic mass is 16.7.